The summed E-state index contributed by atoms with van der Waals surface area (Å²) in [5.41, 5.74) is 1.75. The SMILES string of the molecule is O=C(O)[C@@H]1Cc2ccccc2CN1S(=O)(=O)c1cccs1. The van der Waals surface area contributed by atoms with E-state index in [1.165, 1.54) is 6.07 Å². The summed E-state index contributed by atoms with van der Waals surface area (Å²) in [5, 5.41) is 11.1. The van der Waals surface area contributed by atoms with Crippen molar-refractivity contribution in [2.24, 2.45) is 0 Å². The van der Waals surface area contributed by atoms with Gasteiger partial charge in [-0.05, 0) is 22.6 Å². The number of sulfonamides is 1. The molecule has 110 valence electrons. The molecule has 2 aromatic rings. The zero-order chi connectivity index (χ0) is 15.0. The zero-order valence-electron chi connectivity index (χ0n) is 11.0. The van der Waals surface area contributed by atoms with Crippen molar-refractivity contribution >= 4 is 27.3 Å². The highest BCUT2D eigenvalue weighted by atomic mass is 32.2. The average molecular weight is 323 g/mol. The number of nitrogens with zero attached hydrogens (tertiary/aromatic N) is 1. The van der Waals surface area contributed by atoms with Crippen molar-refractivity contribution in [2.45, 2.75) is 23.2 Å². The Morgan fingerprint density at radius 2 is 1.90 bits per heavy atom. The number of hydrogen-bond donors (Lipinski definition) is 1. The number of carboxylic acids is 1. The Hall–Kier alpha value is -1.70. The molecule has 0 saturated heterocycles. The third-order valence-electron chi connectivity index (χ3n) is 3.55. The molecule has 0 radical (unpaired) electrons. The van der Waals surface area contributed by atoms with Crippen LogP contribution in [-0.4, -0.2) is 29.8 Å². The second-order valence-electron chi connectivity index (χ2n) is 4.81. The molecule has 1 atom stereocenters. The van der Waals surface area contributed by atoms with Crippen molar-refractivity contribution in [1.82, 2.24) is 4.31 Å². The van der Waals surface area contributed by atoms with Crippen LogP contribution in [0.25, 0.3) is 0 Å². The molecule has 0 saturated carbocycles. The van der Waals surface area contributed by atoms with Gasteiger partial charge in [0.1, 0.15) is 10.3 Å². The van der Waals surface area contributed by atoms with E-state index >= 15 is 0 Å². The highest BCUT2D eigenvalue weighted by molar-refractivity contribution is 7.91. The van der Waals surface area contributed by atoms with Crippen LogP contribution < -0.4 is 0 Å². The summed E-state index contributed by atoms with van der Waals surface area (Å²) in [6.07, 6.45) is 0.191. The van der Waals surface area contributed by atoms with Crippen molar-refractivity contribution in [3.63, 3.8) is 0 Å². The van der Waals surface area contributed by atoms with Gasteiger partial charge in [0.15, 0.2) is 0 Å². The van der Waals surface area contributed by atoms with Crippen LogP contribution in [0.4, 0.5) is 0 Å². The second kappa shape index (κ2) is 5.25. The predicted molar refractivity (Wildman–Crippen MR) is 78.6 cm³/mol. The van der Waals surface area contributed by atoms with Crippen molar-refractivity contribution in [3.05, 3.63) is 52.9 Å². The van der Waals surface area contributed by atoms with Gasteiger partial charge in [-0.3, -0.25) is 4.79 Å². The third-order valence-corrected chi connectivity index (χ3v) is 6.78. The molecule has 21 heavy (non-hydrogen) atoms. The van der Waals surface area contributed by atoms with Crippen LogP contribution in [0, 0.1) is 0 Å². The van der Waals surface area contributed by atoms with Crippen molar-refractivity contribution in [3.8, 4) is 0 Å². The third kappa shape index (κ3) is 2.48. The predicted octanol–water partition coefficient (Wildman–Crippen LogP) is 1.95. The van der Waals surface area contributed by atoms with Crippen LogP contribution in [0.5, 0.6) is 0 Å². The van der Waals surface area contributed by atoms with Crippen LogP contribution in [0.2, 0.25) is 0 Å². The van der Waals surface area contributed by atoms with E-state index in [0.29, 0.717) is 0 Å². The molecule has 1 aromatic carbocycles. The standard InChI is InChI=1S/C14H13NO4S2/c16-14(17)12-8-10-4-1-2-5-11(10)9-15(12)21(18,19)13-6-3-7-20-13/h1-7,12H,8-9H2,(H,16,17)/t12-/m0/s1. The molecule has 1 aromatic heterocycles. The molecule has 0 amide bonds. The number of carboxylic acid groups (broad SMARTS) is 1. The van der Waals surface area contributed by atoms with Gasteiger partial charge in [0.05, 0.1) is 0 Å². The quantitative estimate of drug-likeness (QED) is 0.937. The van der Waals surface area contributed by atoms with Crippen LogP contribution >= 0.6 is 11.3 Å². The number of fused-ring (bicyclic) bond motifs is 1. The number of benzene rings is 1. The van der Waals surface area contributed by atoms with E-state index in [0.717, 1.165) is 26.8 Å². The fraction of sp³-hybridized carbons (Fsp3) is 0.214. The molecule has 0 aliphatic carbocycles. The highest BCUT2D eigenvalue weighted by Crippen LogP contribution is 2.30. The summed E-state index contributed by atoms with van der Waals surface area (Å²) >= 11 is 1.10. The molecule has 1 aliphatic heterocycles. The summed E-state index contributed by atoms with van der Waals surface area (Å²) in [7, 11) is -3.78. The number of carbonyl (C=O) groups is 1. The molecule has 7 heteroatoms. The van der Waals surface area contributed by atoms with Crippen LogP contribution in [0.1, 0.15) is 11.1 Å². The normalized spacial score (nSPS) is 19.1. The Morgan fingerprint density at radius 1 is 1.19 bits per heavy atom. The molecule has 1 aliphatic rings. The lowest BCUT2D eigenvalue weighted by Crippen LogP contribution is -2.48. The molecule has 0 fully saturated rings. The topological polar surface area (TPSA) is 74.7 Å². The Labute approximate surface area is 126 Å². The van der Waals surface area contributed by atoms with E-state index in [1.54, 1.807) is 11.4 Å². The largest absolute Gasteiger partial charge is 0.480 e. The lowest BCUT2D eigenvalue weighted by atomic mass is 9.96. The maximum atomic E-state index is 12.6. The van der Waals surface area contributed by atoms with Gasteiger partial charge < -0.3 is 5.11 Å². The molecule has 0 bridgehead atoms. The first-order chi connectivity index (χ1) is 10.00. The van der Waals surface area contributed by atoms with Gasteiger partial charge in [-0.15, -0.1) is 11.3 Å². The van der Waals surface area contributed by atoms with Gasteiger partial charge in [-0.25, -0.2) is 8.42 Å². The molecule has 3 rings (SSSR count). The Kier molecular flexibility index (Phi) is 3.56. The van der Waals surface area contributed by atoms with E-state index in [4.69, 9.17) is 0 Å². The number of hydrogen-bond acceptors (Lipinski definition) is 4. The second-order valence-corrected chi connectivity index (χ2v) is 7.87. The Bertz CT molecular complexity index is 768. The summed E-state index contributed by atoms with van der Waals surface area (Å²) in [5.74, 6) is -1.12. The maximum Gasteiger partial charge on any atom is 0.322 e. The van der Waals surface area contributed by atoms with E-state index in [1.807, 2.05) is 24.3 Å². The minimum Gasteiger partial charge on any atom is -0.480 e. The minimum absolute atomic E-state index is 0.0906. The summed E-state index contributed by atoms with van der Waals surface area (Å²) in [6.45, 7) is 0.0906. The van der Waals surface area contributed by atoms with Gasteiger partial charge in [-0.1, -0.05) is 30.3 Å². The van der Waals surface area contributed by atoms with Crippen LogP contribution in [-0.2, 0) is 27.8 Å². The van der Waals surface area contributed by atoms with Crippen molar-refractivity contribution in [1.29, 1.82) is 0 Å². The van der Waals surface area contributed by atoms with E-state index in [2.05, 4.69) is 0 Å². The molecule has 0 unspecified atom stereocenters. The number of rotatable bonds is 3. The van der Waals surface area contributed by atoms with Gasteiger partial charge in [0, 0.05) is 13.0 Å². The lowest BCUT2D eigenvalue weighted by Gasteiger charge is -2.33. The van der Waals surface area contributed by atoms with Crippen LogP contribution in [0.15, 0.2) is 46.0 Å². The fourth-order valence-electron chi connectivity index (χ4n) is 2.49. The minimum atomic E-state index is -3.78. The first-order valence-corrected chi connectivity index (χ1v) is 8.67. The summed E-state index contributed by atoms with van der Waals surface area (Å²) in [6, 6.07) is 9.43. The Balaban J connectivity index is 2.06. The van der Waals surface area contributed by atoms with Gasteiger partial charge >= 0.3 is 5.97 Å². The van der Waals surface area contributed by atoms with Gasteiger partial charge in [0.2, 0.25) is 0 Å². The highest BCUT2D eigenvalue weighted by Gasteiger charge is 2.39. The summed E-state index contributed by atoms with van der Waals surface area (Å²) in [4.78, 5) is 11.5. The molecular formula is C14H13NO4S2. The van der Waals surface area contributed by atoms with E-state index in [-0.39, 0.29) is 17.2 Å². The molecule has 1 N–H and O–H groups in total. The lowest BCUT2D eigenvalue weighted by molar-refractivity contribution is -0.141. The average Bonchev–Trinajstić information content (AvgIpc) is 3.00. The molecule has 5 nitrogen and oxygen atoms in total. The van der Waals surface area contributed by atoms with Crippen molar-refractivity contribution < 1.29 is 18.3 Å². The fourth-order valence-corrected chi connectivity index (χ4v) is 5.17. The first-order valence-electron chi connectivity index (χ1n) is 6.35. The van der Waals surface area contributed by atoms with Crippen molar-refractivity contribution in [2.75, 3.05) is 0 Å². The number of thiophene rings is 1. The zero-order valence-corrected chi connectivity index (χ0v) is 12.6. The Morgan fingerprint density at radius 3 is 2.52 bits per heavy atom. The van der Waals surface area contributed by atoms with E-state index < -0.39 is 22.0 Å². The van der Waals surface area contributed by atoms with Gasteiger partial charge in [0.25, 0.3) is 10.0 Å². The van der Waals surface area contributed by atoms with E-state index in [9.17, 15) is 18.3 Å². The smallest absolute Gasteiger partial charge is 0.322 e. The first kappa shape index (κ1) is 14.2. The molecule has 2 heterocycles. The maximum absolute atomic E-state index is 12.6. The molecule has 0 spiro atoms. The van der Waals surface area contributed by atoms with Crippen LogP contribution in [0.3, 0.4) is 0 Å². The van der Waals surface area contributed by atoms with Gasteiger partial charge in [-0.2, -0.15) is 4.31 Å². The monoisotopic (exact) mass is 323 g/mol. The number of aliphatic carboxylic acids is 1. The summed E-state index contributed by atoms with van der Waals surface area (Å²) < 4.78 is 26.6. The molecular weight excluding hydrogens is 310 g/mol.